The summed E-state index contributed by atoms with van der Waals surface area (Å²) in [5.74, 6) is 0.0866. The Morgan fingerprint density at radius 1 is 1.26 bits per heavy atom. The second kappa shape index (κ2) is 8.55. The standard InChI is InChI=1S/C18H27N3O5S/c1-20-7-3-4-14(13-20)18(22)19-15-5-6-16(25-2)17(12-15)27(23,24)21-8-10-26-11-9-21/h5-6,12,14H,3-4,7-11,13H2,1-2H3,(H,19,22)/t14-/m1/s1. The molecule has 1 amide bonds. The second-order valence-electron chi connectivity index (χ2n) is 6.97. The highest BCUT2D eigenvalue weighted by molar-refractivity contribution is 7.89. The highest BCUT2D eigenvalue weighted by Crippen LogP contribution is 2.30. The van der Waals surface area contributed by atoms with Crippen molar-refractivity contribution in [2.45, 2.75) is 17.7 Å². The molecule has 2 aliphatic heterocycles. The van der Waals surface area contributed by atoms with Crippen molar-refractivity contribution in [3.8, 4) is 5.75 Å². The van der Waals surface area contributed by atoms with Crippen molar-refractivity contribution in [1.29, 1.82) is 0 Å². The van der Waals surface area contributed by atoms with E-state index in [9.17, 15) is 13.2 Å². The number of nitrogens with zero attached hydrogens (tertiary/aromatic N) is 2. The molecule has 0 radical (unpaired) electrons. The number of nitrogens with one attached hydrogen (secondary N) is 1. The zero-order valence-electron chi connectivity index (χ0n) is 15.8. The molecule has 8 nitrogen and oxygen atoms in total. The molecule has 0 unspecified atom stereocenters. The molecule has 0 spiro atoms. The Hall–Kier alpha value is -1.68. The first-order valence-electron chi connectivity index (χ1n) is 9.17. The lowest BCUT2D eigenvalue weighted by Crippen LogP contribution is -2.40. The van der Waals surface area contributed by atoms with Crippen molar-refractivity contribution < 1.29 is 22.7 Å². The summed E-state index contributed by atoms with van der Waals surface area (Å²) in [5, 5.41) is 2.87. The number of sulfonamides is 1. The maximum atomic E-state index is 13.0. The summed E-state index contributed by atoms with van der Waals surface area (Å²) in [6.45, 7) is 3.04. The molecule has 0 bridgehead atoms. The van der Waals surface area contributed by atoms with Crippen LogP contribution in [0, 0.1) is 5.92 Å². The summed E-state index contributed by atoms with van der Waals surface area (Å²) in [7, 11) is -0.294. The summed E-state index contributed by atoms with van der Waals surface area (Å²) in [4.78, 5) is 14.8. The van der Waals surface area contributed by atoms with Crippen molar-refractivity contribution in [3.63, 3.8) is 0 Å². The molecular weight excluding hydrogens is 370 g/mol. The van der Waals surface area contributed by atoms with Crippen LogP contribution in [0.4, 0.5) is 5.69 Å². The number of amides is 1. The summed E-state index contributed by atoms with van der Waals surface area (Å²) >= 11 is 0. The van der Waals surface area contributed by atoms with Crippen LogP contribution in [0.1, 0.15) is 12.8 Å². The third-order valence-corrected chi connectivity index (χ3v) is 6.93. The molecule has 150 valence electrons. The SMILES string of the molecule is COc1ccc(NC(=O)[C@@H]2CCCN(C)C2)cc1S(=O)(=O)N1CCOCC1. The van der Waals surface area contributed by atoms with E-state index in [2.05, 4.69) is 10.2 Å². The summed E-state index contributed by atoms with van der Waals surface area (Å²) < 4.78 is 37.9. The van der Waals surface area contributed by atoms with Gasteiger partial charge < -0.3 is 19.7 Å². The lowest BCUT2D eigenvalue weighted by molar-refractivity contribution is -0.121. The minimum absolute atomic E-state index is 0.0606. The smallest absolute Gasteiger partial charge is 0.246 e. The van der Waals surface area contributed by atoms with Gasteiger partial charge in [-0.1, -0.05) is 0 Å². The van der Waals surface area contributed by atoms with Crippen LogP contribution >= 0.6 is 0 Å². The van der Waals surface area contributed by atoms with E-state index in [0.717, 1.165) is 19.4 Å². The Labute approximate surface area is 160 Å². The average molecular weight is 397 g/mol. The summed E-state index contributed by atoms with van der Waals surface area (Å²) in [5.41, 5.74) is 0.459. The molecule has 1 aromatic carbocycles. The Kier molecular flexibility index (Phi) is 6.36. The number of hydrogen-bond acceptors (Lipinski definition) is 6. The predicted molar refractivity (Wildman–Crippen MR) is 101 cm³/mol. The van der Waals surface area contributed by atoms with Gasteiger partial charge in [0, 0.05) is 25.3 Å². The first-order chi connectivity index (χ1) is 12.9. The number of carbonyl (C=O) groups is 1. The molecule has 1 atom stereocenters. The van der Waals surface area contributed by atoms with Crippen LogP contribution in [0.2, 0.25) is 0 Å². The van der Waals surface area contributed by atoms with E-state index in [1.807, 2.05) is 7.05 Å². The van der Waals surface area contributed by atoms with Gasteiger partial charge in [0.1, 0.15) is 10.6 Å². The summed E-state index contributed by atoms with van der Waals surface area (Å²) in [6, 6.07) is 4.73. The molecule has 1 aromatic rings. The topological polar surface area (TPSA) is 88.2 Å². The molecule has 0 aliphatic carbocycles. The van der Waals surface area contributed by atoms with Gasteiger partial charge in [-0.15, -0.1) is 0 Å². The molecular formula is C18H27N3O5S. The third kappa shape index (κ3) is 4.60. The van der Waals surface area contributed by atoms with Gasteiger partial charge in [-0.2, -0.15) is 4.31 Å². The number of rotatable bonds is 5. The van der Waals surface area contributed by atoms with Crippen LogP contribution in [0.3, 0.4) is 0 Å². The molecule has 1 N–H and O–H groups in total. The van der Waals surface area contributed by atoms with Gasteiger partial charge in [0.05, 0.1) is 26.2 Å². The third-order valence-electron chi connectivity index (χ3n) is 5.01. The number of benzene rings is 1. The minimum Gasteiger partial charge on any atom is -0.495 e. The van der Waals surface area contributed by atoms with E-state index in [4.69, 9.17) is 9.47 Å². The summed E-state index contributed by atoms with van der Waals surface area (Å²) in [6.07, 6.45) is 1.82. The molecule has 2 fully saturated rings. The number of methoxy groups -OCH3 is 1. The van der Waals surface area contributed by atoms with E-state index in [0.29, 0.717) is 38.5 Å². The van der Waals surface area contributed by atoms with Crippen LogP contribution in [-0.4, -0.2) is 77.1 Å². The lowest BCUT2D eigenvalue weighted by atomic mass is 9.97. The molecule has 2 saturated heterocycles. The Balaban J connectivity index is 1.81. The Morgan fingerprint density at radius 3 is 2.67 bits per heavy atom. The molecule has 2 aliphatic rings. The number of piperidine rings is 1. The van der Waals surface area contributed by atoms with Crippen molar-refractivity contribution >= 4 is 21.6 Å². The van der Waals surface area contributed by atoms with Crippen LogP contribution in [0.5, 0.6) is 5.75 Å². The van der Waals surface area contributed by atoms with E-state index in [1.165, 1.54) is 17.5 Å². The molecule has 3 rings (SSSR count). The predicted octanol–water partition coefficient (Wildman–Crippen LogP) is 0.996. The number of morpholine rings is 1. The van der Waals surface area contributed by atoms with Gasteiger partial charge in [0.15, 0.2) is 0 Å². The van der Waals surface area contributed by atoms with Gasteiger partial charge in [0.25, 0.3) is 0 Å². The molecule has 9 heteroatoms. The largest absolute Gasteiger partial charge is 0.495 e. The van der Waals surface area contributed by atoms with Gasteiger partial charge in [-0.25, -0.2) is 8.42 Å². The lowest BCUT2D eigenvalue weighted by Gasteiger charge is -2.29. The van der Waals surface area contributed by atoms with Crippen molar-refractivity contribution in [2.75, 3.05) is 58.9 Å². The van der Waals surface area contributed by atoms with Gasteiger partial charge >= 0.3 is 0 Å². The average Bonchev–Trinajstić information content (AvgIpc) is 2.68. The first-order valence-corrected chi connectivity index (χ1v) is 10.6. The highest BCUT2D eigenvalue weighted by Gasteiger charge is 2.30. The van der Waals surface area contributed by atoms with Gasteiger partial charge in [0.2, 0.25) is 15.9 Å². The van der Waals surface area contributed by atoms with Crippen molar-refractivity contribution in [1.82, 2.24) is 9.21 Å². The first kappa shape index (κ1) is 20.1. The van der Waals surface area contributed by atoms with E-state index in [1.54, 1.807) is 12.1 Å². The monoisotopic (exact) mass is 397 g/mol. The van der Waals surface area contributed by atoms with E-state index in [-0.39, 0.29) is 22.5 Å². The zero-order chi connectivity index (χ0) is 19.4. The molecule has 0 aromatic heterocycles. The fourth-order valence-electron chi connectivity index (χ4n) is 3.51. The molecule has 0 saturated carbocycles. The quantitative estimate of drug-likeness (QED) is 0.797. The maximum absolute atomic E-state index is 13.0. The Morgan fingerprint density at radius 2 is 2.00 bits per heavy atom. The fraction of sp³-hybridized carbons (Fsp3) is 0.611. The zero-order valence-corrected chi connectivity index (χ0v) is 16.6. The van der Waals surface area contributed by atoms with Gasteiger partial charge in [-0.3, -0.25) is 4.79 Å². The normalized spacial score (nSPS) is 22.4. The van der Waals surface area contributed by atoms with Crippen LogP contribution in [0.25, 0.3) is 0 Å². The van der Waals surface area contributed by atoms with Gasteiger partial charge in [-0.05, 0) is 44.6 Å². The number of hydrogen-bond donors (Lipinski definition) is 1. The van der Waals surface area contributed by atoms with Crippen molar-refractivity contribution in [3.05, 3.63) is 18.2 Å². The number of likely N-dealkylation sites (tertiary alicyclic amines) is 1. The second-order valence-corrected chi connectivity index (χ2v) is 8.88. The number of anilines is 1. The Bertz CT molecular complexity index is 777. The van der Waals surface area contributed by atoms with Crippen LogP contribution in [0.15, 0.2) is 23.1 Å². The highest BCUT2D eigenvalue weighted by atomic mass is 32.2. The number of ether oxygens (including phenoxy) is 2. The van der Waals surface area contributed by atoms with Crippen LogP contribution in [-0.2, 0) is 19.6 Å². The fourth-order valence-corrected chi connectivity index (χ4v) is 5.10. The van der Waals surface area contributed by atoms with E-state index >= 15 is 0 Å². The van der Waals surface area contributed by atoms with Crippen LogP contribution < -0.4 is 10.1 Å². The molecule has 27 heavy (non-hydrogen) atoms. The maximum Gasteiger partial charge on any atom is 0.246 e. The minimum atomic E-state index is -3.73. The molecule has 2 heterocycles. The van der Waals surface area contributed by atoms with Crippen molar-refractivity contribution in [2.24, 2.45) is 5.92 Å². The van der Waals surface area contributed by atoms with E-state index < -0.39 is 10.0 Å². The number of carbonyl (C=O) groups excluding carboxylic acids is 1.